The average molecular weight is 1130 g/mol. The Morgan fingerprint density at radius 1 is 0.274 bits per heavy atom. The molecule has 8 bridgehead atoms. The highest BCUT2D eigenvalue weighted by Crippen LogP contribution is 2.63. The fourth-order valence-electron chi connectivity index (χ4n) is 13.8. The summed E-state index contributed by atoms with van der Waals surface area (Å²) in [5, 5.41) is 43.5. The molecule has 12 nitrogen and oxygen atoms in total. The van der Waals surface area contributed by atoms with Gasteiger partial charge in [-0.15, -0.1) is 0 Å². The molecule has 0 atom stereocenters. The van der Waals surface area contributed by atoms with Crippen molar-refractivity contribution in [2.45, 2.75) is 105 Å². The lowest BCUT2D eigenvalue weighted by Gasteiger charge is -2.38. The van der Waals surface area contributed by atoms with Gasteiger partial charge in [-0.3, -0.25) is 0 Å². The van der Waals surface area contributed by atoms with Crippen molar-refractivity contribution in [2.75, 3.05) is 27.2 Å². The van der Waals surface area contributed by atoms with Crippen LogP contribution < -0.4 is 37.9 Å². The van der Waals surface area contributed by atoms with Crippen LogP contribution in [-0.2, 0) is 0 Å². The Balaban J connectivity index is 1.28. The molecule has 4 aliphatic heterocycles. The van der Waals surface area contributed by atoms with Gasteiger partial charge in [0.2, 0.25) is 27.2 Å². The number of hydrogen-bond donors (Lipinski definition) is 4. The number of benzene rings is 8. The van der Waals surface area contributed by atoms with Crippen molar-refractivity contribution in [3.05, 3.63) is 166 Å². The van der Waals surface area contributed by atoms with Gasteiger partial charge in [-0.05, 0) is 144 Å². The highest BCUT2D eigenvalue weighted by atomic mass is 16.7. The third-order valence-electron chi connectivity index (χ3n) is 17.2. The molecule has 0 saturated heterocycles. The average Bonchev–Trinajstić information content (AvgIpc) is 2.68. The highest BCUT2D eigenvalue weighted by Gasteiger charge is 2.43. The van der Waals surface area contributed by atoms with Crippen LogP contribution in [-0.4, -0.2) is 47.6 Å². The topological polar surface area (TPSA) is 155 Å². The molecule has 0 unspecified atom stereocenters. The summed E-state index contributed by atoms with van der Waals surface area (Å²) in [6.45, 7) is 17.3. The van der Waals surface area contributed by atoms with E-state index in [2.05, 4.69) is 79.7 Å². The van der Waals surface area contributed by atoms with E-state index in [1.54, 1.807) is 48.5 Å². The maximum absolute atomic E-state index is 10.9. The van der Waals surface area contributed by atoms with Gasteiger partial charge in [0.25, 0.3) is 0 Å². The Hall–Kier alpha value is -8.64. The Morgan fingerprint density at radius 3 is 0.571 bits per heavy atom. The van der Waals surface area contributed by atoms with Crippen molar-refractivity contribution in [3.8, 4) is 114 Å². The van der Waals surface area contributed by atoms with Gasteiger partial charge >= 0.3 is 0 Å². The molecule has 84 heavy (non-hydrogen) atoms. The lowest BCUT2D eigenvalue weighted by atomic mass is 9.72. The number of aromatic hydroxyl groups is 4. The van der Waals surface area contributed by atoms with Crippen LogP contribution in [0.4, 0.5) is 0 Å². The maximum atomic E-state index is 10.9. The first-order chi connectivity index (χ1) is 40.6. The van der Waals surface area contributed by atoms with Crippen LogP contribution >= 0.6 is 0 Å². The van der Waals surface area contributed by atoms with Crippen LogP contribution in [0, 0.1) is 23.7 Å². The summed E-state index contributed by atoms with van der Waals surface area (Å²) >= 11 is 0. The molecule has 0 amide bonds. The van der Waals surface area contributed by atoms with Crippen molar-refractivity contribution in [3.63, 3.8) is 0 Å². The summed E-state index contributed by atoms with van der Waals surface area (Å²) in [5.41, 5.74) is 13.7. The Morgan fingerprint density at radius 2 is 0.429 bits per heavy atom. The number of hydrogen-bond acceptors (Lipinski definition) is 12. The first kappa shape index (κ1) is 54.6. The molecule has 8 aromatic rings. The first-order valence-electron chi connectivity index (χ1n) is 29.6. The quantitative estimate of drug-likeness (QED) is 0.0920. The van der Waals surface area contributed by atoms with Crippen molar-refractivity contribution >= 4 is 0 Å². The zero-order chi connectivity index (χ0) is 58.2. The van der Waals surface area contributed by atoms with Gasteiger partial charge in [-0.1, -0.05) is 104 Å². The molecule has 0 fully saturated rings. The fraction of sp³-hybridized carbons (Fsp3) is 0.333. The smallest absolute Gasteiger partial charge is 0.230 e. The van der Waals surface area contributed by atoms with Crippen molar-refractivity contribution in [2.24, 2.45) is 23.7 Å². The van der Waals surface area contributed by atoms with E-state index in [1.165, 1.54) is 0 Å². The van der Waals surface area contributed by atoms with Gasteiger partial charge in [0.05, 0.1) is 22.3 Å². The Bertz CT molecular complexity index is 3180. The molecular formula is C72H72O12. The summed E-state index contributed by atoms with van der Waals surface area (Å²) in [5.74, 6) is 4.62. The molecule has 4 heterocycles. The Labute approximate surface area is 491 Å². The monoisotopic (exact) mass is 1130 g/mol. The second kappa shape index (κ2) is 21.8. The van der Waals surface area contributed by atoms with Crippen molar-refractivity contribution < 1.29 is 58.3 Å². The van der Waals surface area contributed by atoms with Crippen molar-refractivity contribution in [1.82, 2.24) is 0 Å². The van der Waals surface area contributed by atoms with E-state index in [-0.39, 0.29) is 97.5 Å². The van der Waals surface area contributed by atoms with Crippen LogP contribution in [0.3, 0.4) is 0 Å². The van der Waals surface area contributed by atoms with E-state index in [0.717, 1.165) is 89.0 Å². The largest absolute Gasteiger partial charge is 0.508 e. The van der Waals surface area contributed by atoms with Gasteiger partial charge in [0.1, 0.15) is 69.0 Å². The van der Waals surface area contributed by atoms with E-state index < -0.39 is 0 Å². The van der Waals surface area contributed by atoms with E-state index >= 15 is 0 Å². The van der Waals surface area contributed by atoms with Crippen molar-refractivity contribution in [1.29, 1.82) is 0 Å². The lowest BCUT2D eigenvalue weighted by Crippen LogP contribution is -2.25. The molecule has 432 valence electrons. The molecular weight excluding hydrogens is 1060 g/mol. The Kier molecular flexibility index (Phi) is 14.2. The highest BCUT2D eigenvalue weighted by molar-refractivity contribution is 5.89. The van der Waals surface area contributed by atoms with Crippen LogP contribution in [0.25, 0.3) is 44.5 Å². The van der Waals surface area contributed by atoms with Crippen LogP contribution in [0.2, 0.25) is 0 Å². The molecule has 12 heteroatoms. The number of rotatable bonds is 12. The summed E-state index contributed by atoms with van der Waals surface area (Å²) in [6, 6.07) is 38.3. The van der Waals surface area contributed by atoms with Gasteiger partial charge in [-0.2, -0.15) is 0 Å². The second-order valence-corrected chi connectivity index (χ2v) is 24.9. The summed E-state index contributed by atoms with van der Waals surface area (Å²) in [4.78, 5) is 0. The van der Waals surface area contributed by atoms with Crippen LogP contribution in [0.15, 0.2) is 121 Å². The number of phenols is 4. The SMILES string of the molecule is CC(C)CC1c2cc3c4c(-c5ccc(O)cc5)c2OCOc2c1cc1c(c2-c2ccc(O)cc2)OCOc2c(cc5c(c2-c2ccc(O)cc2)OCOc2c(cc(c(c2-c2ccc(O)cc2)OCO4)C3CC(C)C)C5CC(C)C)C1CC(C)C. The predicted molar refractivity (Wildman–Crippen MR) is 324 cm³/mol. The fourth-order valence-corrected chi connectivity index (χ4v) is 13.8. The van der Waals surface area contributed by atoms with Gasteiger partial charge in [0.15, 0.2) is 0 Å². The maximum Gasteiger partial charge on any atom is 0.230 e. The van der Waals surface area contributed by atoms with E-state index in [1.807, 2.05) is 48.5 Å². The summed E-state index contributed by atoms with van der Waals surface area (Å²) in [6.07, 6.45) is 2.73. The second-order valence-electron chi connectivity index (χ2n) is 24.9. The third-order valence-corrected chi connectivity index (χ3v) is 17.2. The molecule has 0 radical (unpaired) electrons. The first-order valence-corrected chi connectivity index (χ1v) is 29.6. The summed E-state index contributed by atoms with van der Waals surface area (Å²) < 4.78 is 57.2. The molecule has 5 aliphatic rings. The van der Waals surface area contributed by atoms with Gasteiger partial charge in [-0.25, -0.2) is 0 Å². The van der Waals surface area contributed by atoms with Gasteiger partial charge < -0.3 is 58.3 Å². The van der Waals surface area contributed by atoms with Gasteiger partial charge in [0, 0.05) is 68.2 Å². The number of phenolic OH excluding ortho intramolecular Hbond substituents is 4. The normalized spacial score (nSPS) is 18.0. The number of ether oxygens (including phenoxy) is 8. The minimum atomic E-state index is -0.355. The molecule has 8 aromatic carbocycles. The predicted octanol–water partition coefficient (Wildman–Crippen LogP) is 17.1. The molecule has 4 N–H and O–H groups in total. The lowest BCUT2D eigenvalue weighted by molar-refractivity contribution is 0.100. The molecule has 1 aliphatic carbocycles. The molecule has 0 aromatic heterocycles. The minimum Gasteiger partial charge on any atom is -0.508 e. The molecule has 13 rings (SSSR count). The minimum absolute atomic E-state index is 0.128. The van der Waals surface area contributed by atoms with Crippen LogP contribution in [0.1, 0.15) is 149 Å². The standard InChI is InChI=1S/C72H72O12/c1-37(2)25-49-53-29-55-50(26-38(3)4)57-31-59-52(28-40(7)8)60-32-58-51(27-39(5)6)56-30-54(49)66-62(42-11-19-46(74)20-12-42)68(56)80-35-82-70(58)64(44-15-23-48(76)24-16-44)72(60)84-36-83-71(59)63(43-13-21-47(75)22-14-43)69(57)81-34-79-67(55)61(65(53)77-33-78-66)41-9-17-45(73)18-10-41/h9-24,29-32,37-40,49-52,73-76H,25-28,33-36H2,1-8H3. The zero-order valence-electron chi connectivity index (χ0n) is 48.9. The van der Waals surface area contributed by atoms with E-state index in [9.17, 15) is 20.4 Å². The molecule has 0 saturated carbocycles. The summed E-state index contributed by atoms with van der Waals surface area (Å²) in [7, 11) is 0. The van der Waals surface area contributed by atoms with E-state index in [4.69, 9.17) is 37.9 Å². The molecule has 0 spiro atoms. The van der Waals surface area contributed by atoms with E-state index in [0.29, 0.717) is 71.7 Å². The third kappa shape index (κ3) is 9.66. The van der Waals surface area contributed by atoms with Crippen LogP contribution in [0.5, 0.6) is 69.0 Å². The zero-order valence-corrected chi connectivity index (χ0v) is 48.9.